The number of hydrogen-bond acceptors (Lipinski definition) is 4. The fraction of sp³-hybridized carbons (Fsp3) is 0.0526. The molecule has 0 saturated heterocycles. The van der Waals surface area contributed by atoms with Crippen LogP contribution in [0.1, 0.15) is 9.67 Å². The van der Waals surface area contributed by atoms with E-state index >= 15 is 0 Å². The summed E-state index contributed by atoms with van der Waals surface area (Å²) in [6.07, 6.45) is 0. The summed E-state index contributed by atoms with van der Waals surface area (Å²) in [6.45, 7) is -0.147. The summed E-state index contributed by atoms with van der Waals surface area (Å²) in [4.78, 5) is 24.7. The van der Waals surface area contributed by atoms with E-state index in [9.17, 15) is 9.59 Å². The van der Waals surface area contributed by atoms with E-state index in [1.165, 1.54) is 11.3 Å². The molecule has 0 fully saturated rings. The van der Waals surface area contributed by atoms with E-state index in [1.54, 1.807) is 54.6 Å². The second-order valence-electron chi connectivity index (χ2n) is 5.31. The standard InChI is InChI=1S/C19H15ClN2O3S/c20-13-4-1-7-16(10-13)25-12-18(23)21-14-5-2-6-15(11-14)22-19(24)17-8-3-9-26-17/h1-11H,12H2,(H,21,23)(H,22,24). The maximum Gasteiger partial charge on any atom is 0.265 e. The maximum atomic E-state index is 12.1. The van der Waals surface area contributed by atoms with Crippen LogP contribution in [0.15, 0.2) is 66.0 Å². The molecule has 0 aliphatic heterocycles. The van der Waals surface area contributed by atoms with Crippen LogP contribution in [0.3, 0.4) is 0 Å². The molecule has 7 heteroatoms. The van der Waals surface area contributed by atoms with Crippen molar-refractivity contribution < 1.29 is 14.3 Å². The van der Waals surface area contributed by atoms with Crippen molar-refractivity contribution in [3.8, 4) is 5.75 Å². The summed E-state index contributed by atoms with van der Waals surface area (Å²) in [5.41, 5.74) is 1.16. The van der Waals surface area contributed by atoms with Crippen LogP contribution in [0, 0.1) is 0 Å². The van der Waals surface area contributed by atoms with Crippen LogP contribution in [0.4, 0.5) is 11.4 Å². The highest BCUT2D eigenvalue weighted by molar-refractivity contribution is 7.12. The molecule has 1 heterocycles. The largest absolute Gasteiger partial charge is 0.484 e. The molecular weight excluding hydrogens is 372 g/mol. The first-order chi connectivity index (χ1) is 12.6. The summed E-state index contributed by atoms with van der Waals surface area (Å²) in [7, 11) is 0. The predicted molar refractivity (Wildman–Crippen MR) is 104 cm³/mol. The molecule has 0 saturated carbocycles. The molecule has 5 nitrogen and oxygen atoms in total. The summed E-state index contributed by atoms with van der Waals surface area (Å²) in [5, 5.41) is 7.90. The lowest BCUT2D eigenvalue weighted by Gasteiger charge is -2.09. The zero-order chi connectivity index (χ0) is 18.4. The zero-order valence-electron chi connectivity index (χ0n) is 13.6. The van der Waals surface area contributed by atoms with Gasteiger partial charge in [-0.1, -0.05) is 29.8 Å². The van der Waals surface area contributed by atoms with Gasteiger partial charge in [-0.05, 0) is 47.8 Å². The molecule has 3 rings (SSSR count). The average molecular weight is 387 g/mol. The number of hydrogen-bond donors (Lipinski definition) is 2. The molecule has 132 valence electrons. The molecule has 2 amide bonds. The number of amides is 2. The van der Waals surface area contributed by atoms with Gasteiger partial charge in [-0.15, -0.1) is 11.3 Å². The molecular formula is C19H15ClN2O3S. The number of anilines is 2. The summed E-state index contributed by atoms with van der Waals surface area (Å²) in [6, 6.07) is 17.3. The molecule has 0 bridgehead atoms. The van der Waals surface area contributed by atoms with E-state index in [1.807, 2.05) is 11.4 Å². The van der Waals surface area contributed by atoms with E-state index in [0.29, 0.717) is 27.0 Å². The average Bonchev–Trinajstić information content (AvgIpc) is 3.15. The van der Waals surface area contributed by atoms with Crippen LogP contribution in [0.25, 0.3) is 0 Å². The van der Waals surface area contributed by atoms with Gasteiger partial charge in [0.05, 0.1) is 4.88 Å². The molecule has 0 unspecified atom stereocenters. The minimum absolute atomic E-state index is 0.147. The lowest BCUT2D eigenvalue weighted by atomic mass is 10.2. The number of carbonyl (C=O) groups is 2. The SMILES string of the molecule is O=C(COc1cccc(Cl)c1)Nc1cccc(NC(=O)c2cccs2)c1. The van der Waals surface area contributed by atoms with Crippen LogP contribution >= 0.6 is 22.9 Å². The van der Waals surface area contributed by atoms with Gasteiger partial charge in [0.1, 0.15) is 5.75 Å². The van der Waals surface area contributed by atoms with Gasteiger partial charge >= 0.3 is 0 Å². The Morgan fingerprint density at radius 1 is 0.962 bits per heavy atom. The summed E-state index contributed by atoms with van der Waals surface area (Å²) >= 11 is 7.23. The molecule has 3 aromatic rings. The fourth-order valence-corrected chi connectivity index (χ4v) is 2.98. The number of carbonyl (C=O) groups excluding carboxylic acids is 2. The van der Waals surface area contributed by atoms with Crippen molar-refractivity contribution in [3.63, 3.8) is 0 Å². The van der Waals surface area contributed by atoms with Gasteiger partial charge in [-0.25, -0.2) is 0 Å². The Bertz CT molecular complexity index is 913. The Kier molecular flexibility index (Phi) is 5.88. The molecule has 2 aromatic carbocycles. The Balaban J connectivity index is 1.56. The van der Waals surface area contributed by atoms with Crippen LogP contribution in [0.2, 0.25) is 5.02 Å². The van der Waals surface area contributed by atoms with E-state index in [4.69, 9.17) is 16.3 Å². The van der Waals surface area contributed by atoms with E-state index in [2.05, 4.69) is 10.6 Å². The highest BCUT2D eigenvalue weighted by Crippen LogP contribution is 2.19. The molecule has 0 aliphatic rings. The van der Waals surface area contributed by atoms with Crippen molar-refractivity contribution in [1.82, 2.24) is 0 Å². The maximum absolute atomic E-state index is 12.1. The quantitative estimate of drug-likeness (QED) is 0.646. The first-order valence-corrected chi connectivity index (χ1v) is 8.99. The second-order valence-corrected chi connectivity index (χ2v) is 6.69. The summed E-state index contributed by atoms with van der Waals surface area (Å²) < 4.78 is 5.40. The normalized spacial score (nSPS) is 10.2. The van der Waals surface area contributed by atoms with E-state index < -0.39 is 0 Å². The molecule has 1 aromatic heterocycles. The lowest BCUT2D eigenvalue weighted by Crippen LogP contribution is -2.20. The number of halogens is 1. The first kappa shape index (κ1) is 18.0. The third-order valence-corrected chi connectivity index (χ3v) is 4.42. The van der Waals surface area contributed by atoms with Gasteiger partial charge < -0.3 is 15.4 Å². The smallest absolute Gasteiger partial charge is 0.265 e. The highest BCUT2D eigenvalue weighted by atomic mass is 35.5. The highest BCUT2D eigenvalue weighted by Gasteiger charge is 2.08. The van der Waals surface area contributed by atoms with Gasteiger partial charge in [0.25, 0.3) is 11.8 Å². The van der Waals surface area contributed by atoms with Gasteiger partial charge in [0.15, 0.2) is 6.61 Å². The van der Waals surface area contributed by atoms with Gasteiger partial charge in [-0.2, -0.15) is 0 Å². The number of ether oxygens (including phenoxy) is 1. The van der Waals surface area contributed by atoms with E-state index in [-0.39, 0.29) is 18.4 Å². The van der Waals surface area contributed by atoms with Gasteiger partial charge in [0, 0.05) is 16.4 Å². The number of rotatable bonds is 6. The van der Waals surface area contributed by atoms with Crippen molar-refractivity contribution >= 4 is 46.1 Å². The Morgan fingerprint density at radius 2 is 1.73 bits per heavy atom. The molecule has 0 radical (unpaired) electrons. The van der Waals surface area contributed by atoms with Crippen molar-refractivity contribution in [3.05, 3.63) is 75.9 Å². The predicted octanol–water partition coefficient (Wildman–Crippen LogP) is 4.67. The molecule has 0 aliphatic carbocycles. The Labute approximate surface area is 159 Å². The van der Waals surface area contributed by atoms with Crippen molar-refractivity contribution in [2.45, 2.75) is 0 Å². The third kappa shape index (κ3) is 5.08. The van der Waals surface area contributed by atoms with Crippen LogP contribution < -0.4 is 15.4 Å². The summed E-state index contributed by atoms with van der Waals surface area (Å²) in [5.74, 6) is 0.0177. The monoisotopic (exact) mass is 386 g/mol. The third-order valence-electron chi connectivity index (χ3n) is 3.32. The number of benzene rings is 2. The molecule has 26 heavy (non-hydrogen) atoms. The van der Waals surface area contributed by atoms with Crippen LogP contribution in [-0.4, -0.2) is 18.4 Å². The van der Waals surface area contributed by atoms with E-state index in [0.717, 1.165) is 0 Å². The van der Waals surface area contributed by atoms with Gasteiger partial charge in [-0.3, -0.25) is 9.59 Å². The number of nitrogens with one attached hydrogen (secondary N) is 2. The Hall–Kier alpha value is -2.83. The van der Waals surface area contributed by atoms with Crippen LogP contribution in [-0.2, 0) is 4.79 Å². The molecule has 2 N–H and O–H groups in total. The van der Waals surface area contributed by atoms with Crippen molar-refractivity contribution in [2.24, 2.45) is 0 Å². The lowest BCUT2D eigenvalue weighted by molar-refractivity contribution is -0.118. The zero-order valence-corrected chi connectivity index (χ0v) is 15.1. The first-order valence-electron chi connectivity index (χ1n) is 7.73. The minimum atomic E-state index is -0.313. The topological polar surface area (TPSA) is 67.4 Å². The number of thiophene rings is 1. The molecule has 0 atom stereocenters. The van der Waals surface area contributed by atoms with Crippen molar-refractivity contribution in [2.75, 3.05) is 17.2 Å². The van der Waals surface area contributed by atoms with Crippen LogP contribution in [0.5, 0.6) is 5.75 Å². The minimum Gasteiger partial charge on any atom is -0.484 e. The fourth-order valence-electron chi connectivity index (χ4n) is 2.18. The van der Waals surface area contributed by atoms with Gasteiger partial charge in [0.2, 0.25) is 0 Å². The molecule has 0 spiro atoms. The second kappa shape index (κ2) is 8.51. The Morgan fingerprint density at radius 3 is 2.46 bits per heavy atom. The van der Waals surface area contributed by atoms with Crippen molar-refractivity contribution in [1.29, 1.82) is 0 Å².